The molecule has 0 unspecified atom stereocenters. The van der Waals surface area contributed by atoms with E-state index >= 15 is 0 Å². The van der Waals surface area contributed by atoms with Crippen molar-refractivity contribution < 1.29 is 19.1 Å². The molecular weight excluding hydrogens is 308 g/mol. The summed E-state index contributed by atoms with van der Waals surface area (Å²) in [6, 6.07) is 14.3. The molecule has 0 aliphatic rings. The summed E-state index contributed by atoms with van der Waals surface area (Å²) in [5.74, 6) is 0.0906. The van der Waals surface area contributed by atoms with E-state index in [-0.39, 0.29) is 0 Å². The molecule has 2 rings (SSSR count). The highest BCUT2D eigenvalue weighted by Crippen LogP contribution is 2.14. The van der Waals surface area contributed by atoms with Crippen molar-refractivity contribution >= 4 is 17.5 Å². The lowest BCUT2D eigenvalue weighted by atomic mass is 10.1. The van der Waals surface area contributed by atoms with E-state index in [1.165, 1.54) is 0 Å². The van der Waals surface area contributed by atoms with Gasteiger partial charge in [0.2, 0.25) is 0 Å². The Morgan fingerprint density at radius 2 is 1.38 bits per heavy atom. The first-order valence-corrected chi connectivity index (χ1v) is 7.48. The highest BCUT2D eigenvalue weighted by Gasteiger charge is 2.13. The number of nitrogens with one attached hydrogen (secondary N) is 2. The molecule has 0 aliphatic carbocycles. The smallest absolute Gasteiger partial charge is 0.313 e. The van der Waals surface area contributed by atoms with Gasteiger partial charge < -0.3 is 20.1 Å². The fraction of sp³-hybridized carbons (Fsp3) is 0.222. The number of hydrogen-bond acceptors (Lipinski definition) is 4. The molecule has 0 aromatic heterocycles. The summed E-state index contributed by atoms with van der Waals surface area (Å²) < 4.78 is 10.1. The Kier molecular flexibility index (Phi) is 6.19. The van der Waals surface area contributed by atoms with E-state index < -0.39 is 11.8 Å². The van der Waals surface area contributed by atoms with Crippen molar-refractivity contribution in [1.29, 1.82) is 0 Å². The van der Waals surface area contributed by atoms with Gasteiger partial charge in [0, 0.05) is 12.2 Å². The molecular formula is C18H20N2O4. The number of methoxy groups -OCH3 is 2. The maximum atomic E-state index is 11.8. The number of carbonyl (C=O) groups is 2. The van der Waals surface area contributed by atoms with Crippen LogP contribution in [0.5, 0.6) is 11.5 Å². The third-order valence-corrected chi connectivity index (χ3v) is 3.41. The molecule has 0 saturated heterocycles. The zero-order valence-corrected chi connectivity index (χ0v) is 13.7. The van der Waals surface area contributed by atoms with Crippen LogP contribution < -0.4 is 20.1 Å². The van der Waals surface area contributed by atoms with Crippen LogP contribution in [0.2, 0.25) is 0 Å². The van der Waals surface area contributed by atoms with Gasteiger partial charge in [-0.3, -0.25) is 9.59 Å². The van der Waals surface area contributed by atoms with Gasteiger partial charge in [-0.2, -0.15) is 0 Å². The third-order valence-electron chi connectivity index (χ3n) is 3.41. The normalized spacial score (nSPS) is 9.92. The second-order valence-corrected chi connectivity index (χ2v) is 5.04. The van der Waals surface area contributed by atoms with Crippen molar-refractivity contribution in [2.24, 2.45) is 0 Å². The third kappa shape index (κ3) is 5.01. The fourth-order valence-corrected chi connectivity index (χ4v) is 2.06. The molecule has 2 aromatic carbocycles. The first-order chi connectivity index (χ1) is 11.6. The number of anilines is 1. The number of hydrogen-bond donors (Lipinski definition) is 2. The van der Waals surface area contributed by atoms with Crippen molar-refractivity contribution in [3.8, 4) is 11.5 Å². The largest absolute Gasteiger partial charge is 0.497 e. The predicted octanol–water partition coefficient (Wildman–Crippen LogP) is 2.00. The van der Waals surface area contributed by atoms with Gasteiger partial charge >= 0.3 is 11.8 Å². The Morgan fingerprint density at radius 3 is 1.92 bits per heavy atom. The van der Waals surface area contributed by atoms with Gasteiger partial charge in [0.25, 0.3) is 0 Å². The number of rotatable bonds is 6. The lowest BCUT2D eigenvalue weighted by Crippen LogP contribution is -2.36. The zero-order chi connectivity index (χ0) is 17.4. The molecule has 6 nitrogen and oxygen atoms in total. The molecule has 0 atom stereocenters. The van der Waals surface area contributed by atoms with Crippen LogP contribution in [0, 0.1) is 0 Å². The average Bonchev–Trinajstić information content (AvgIpc) is 2.62. The lowest BCUT2D eigenvalue weighted by molar-refractivity contribution is -0.136. The van der Waals surface area contributed by atoms with E-state index in [2.05, 4.69) is 10.6 Å². The predicted molar refractivity (Wildman–Crippen MR) is 91.3 cm³/mol. The van der Waals surface area contributed by atoms with E-state index in [9.17, 15) is 9.59 Å². The summed E-state index contributed by atoms with van der Waals surface area (Å²) >= 11 is 0. The minimum Gasteiger partial charge on any atom is -0.497 e. The summed E-state index contributed by atoms with van der Waals surface area (Å²) in [5, 5.41) is 5.13. The monoisotopic (exact) mass is 328 g/mol. The average molecular weight is 328 g/mol. The van der Waals surface area contributed by atoms with Crippen LogP contribution in [-0.4, -0.2) is 32.6 Å². The summed E-state index contributed by atoms with van der Waals surface area (Å²) in [5.41, 5.74) is 1.58. The molecule has 0 saturated carbocycles. The van der Waals surface area contributed by atoms with Gasteiger partial charge in [0.05, 0.1) is 14.2 Å². The molecule has 0 aliphatic heterocycles. The first kappa shape index (κ1) is 17.3. The number of amides is 2. The van der Waals surface area contributed by atoms with Crippen molar-refractivity contribution in [3.63, 3.8) is 0 Å². The van der Waals surface area contributed by atoms with E-state index in [0.717, 1.165) is 11.3 Å². The lowest BCUT2D eigenvalue weighted by Gasteiger charge is -2.08. The van der Waals surface area contributed by atoms with Gasteiger partial charge in [0.15, 0.2) is 0 Å². The van der Waals surface area contributed by atoms with E-state index in [1.54, 1.807) is 38.5 Å². The van der Waals surface area contributed by atoms with E-state index in [1.807, 2.05) is 24.3 Å². The van der Waals surface area contributed by atoms with Crippen LogP contribution in [-0.2, 0) is 16.0 Å². The van der Waals surface area contributed by atoms with Crippen LogP contribution in [0.15, 0.2) is 48.5 Å². The Labute approximate surface area is 140 Å². The molecule has 2 N–H and O–H groups in total. The van der Waals surface area contributed by atoms with Crippen molar-refractivity contribution in [1.82, 2.24) is 5.32 Å². The minimum absolute atomic E-state index is 0.376. The molecule has 0 radical (unpaired) electrons. The van der Waals surface area contributed by atoms with Gasteiger partial charge in [-0.25, -0.2) is 0 Å². The second kappa shape index (κ2) is 8.57. The van der Waals surface area contributed by atoms with Crippen LogP contribution in [0.3, 0.4) is 0 Å². The van der Waals surface area contributed by atoms with Crippen molar-refractivity contribution in [2.45, 2.75) is 6.42 Å². The molecule has 24 heavy (non-hydrogen) atoms. The topological polar surface area (TPSA) is 76.7 Å². The molecule has 2 amide bonds. The maximum Gasteiger partial charge on any atom is 0.313 e. The SMILES string of the molecule is COc1ccc(CCNC(=O)C(=O)Nc2ccc(OC)cc2)cc1. The Hall–Kier alpha value is -3.02. The van der Waals surface area contributed by atoms with Gasteiger partial charge in [0.1, 0.15) is 11.5 Å². The van der Waals surface area contributed by atoms with Crippen LogP contribution in [0.25, 0.3) is 0 Å². The van der Waals surface area contributed by atoms with Gasteiger partial charge in [-0.1, -0.05) is 12.1 Å². The zero-order valence-electron chi connectivity index (χ0n) is 13.7. The molecule has 2 aromatic rings. The maximum absolute atomic E-state index is 11.8. The van der Waals surface area contributed by atoms with E-state index in [4.69, 9.17) is 9.47 Å². The Bertz CT molecular complexity index is 681. The van der Waals surface area contributed by atoms with Gasteiger partial charge in [-0.05, 0) is 48.4 Å². The summed E-state index contributed by atoms with van der Waals surface area (Å²) in [6.45, 7) is 0.376. The Balaban J connectivity index is 1.77. The Morgan fingerprint density at radius 1 is 0.833 bits per heavy atom. The summed E-state index contributed by atoms with van der Waals surface area (Å²) in [4.78, 5) is 23.6. The summed E-state index contributed by atoms with van der Waals surface area (Å²) in [7, 11) is 3.17. The van der Waals surface area contributed by atoms with Crippen molar-refractivity contribution in [2.75, 3.05) is 26.1 Å². The van der Waals surface area contributed by atoms with Crippen molar-refractivity contribution in [3.05, 3.63) is 54.1 Å². The molecule has 0 heterocycles. The van der Waals surface area contributed by atoms with Crippen LogP contribution in [0.4, 0.5) is 5.69 Å². The minimum atomic E-state index is -0.699. The summed E-state index contributed by atoms with van der Waals surface area (Å²) in [6.07, 6.45) is 0.631. The highest BCUT2D eigenvalue weighted by atomic mass is 16.5. The van der Waals surface area contributed by atoms with Gasteiger partial charge in [-0.15, -0.1) is 0 Å². The van der Waals surface area contributed by atoms with E-state index in [0.29, 0.717) is 24.4 Å². The fourth-order valence-electron chi connectivity index (χ4n) is 2.06. The first-order valence-electron chi connectivity index (χ1n) is 7.48. The standard InChI is InChI=1S/C18H20N2O4/c1-23-15-7-3-13(4-8-15)11-12-19-17(21)18(22)20-14-5-9-16(24-2)10-6-14/h3-10H,11-12H2,1-2H3,(H,19,21)(H,20,22). The second-order valence-electron chi connectivity index (χ2n) is 5.04. The number of carbonyl (C=O) groups excluding carboxylic acids is 2. The molecule has 0 bridgehead atoms. The van der Waals surface area contributed by atoms with Crippen LogP contribution >= 0.6 is 0 Å². The quantitative estimate of drug-likeness (QED) is 0.795. The number of benzene rings is 2. The molecule has 6 heteroatoms. The number of ether oxygens (including phenoxy) is 2. The molecule has 0 spiro atoms. The molecule has 126 valence electrons. The highest BCUT2D eigenvalue weighted by molar-refractivity contribution is 6.39. The van der Waals surface area contributed by atoms with Crippen LogP contribution in [0.1, 0.15) is 5.56 Å². The molecule has 0 fully saturated rings.